The molecule has 29 heavy (non-hydrogen) atoms. The van der Waals surface area contributed by atoms with Gasteiger partial charge in [0.2, 0.25) is 11.8 Å². The second-order valence-corrected chi connectivity index (χ2v) is 8.04. The number of halogens is 1. The van der Waals surface area contributed by atoms with Gasteiger partial charge in [0.05, 0.1) is 25.2 Å². The topological polar surface area (TPSA) is 96.9 Å². The van der Waals surface area contributed by atoms with Gasteiger partial charge in [0.15, 0.2) is 0 Å². The fourth-order valence-electron chi connectivity index (χ4n) is 3.82. The number of amides is 2. The lowest BCUT2D eigenvalue weighted by Gasteiger charge is -2.37. The van der Waals surface area contributed by atoms with Gasteiger partial charge in [-0.25, -0.2) is 0 Å². The molecule has 0 radical (unpaired) electrons. The summed E-state index contributed by atoms with van der Waals surface area (Å²) in [5, 5.41) is 16.2. The van der Waals surface area contributed by atoms with Crippen LogP contribution >= 0.6 is 11.6 Å². The number of carbonyl (C=O) groups is 2. The molecule has 3 rings (SSSR count). The summed E-state index contributed by atoms with van der Waals surface area (Å²) in [4.78, 5) is 24.7. The first-order valence-electron chi connectivity index (χ1n) is 10.2. The molecule has 1 aromatic carbocycles. The first kappa shape index (κ1) is 22.0. The third-order valence-corrected chi connectivity index (χ3v) is 5.93. The maximum absolute atomic E-state index is 12.5. The smallest absolute Gasteiger partial charge is 0.223 e. The highest BCUT2D eigenvalue weighted by Crippen LogP contribution is 2.23. The number of benzene rings is 1. The molecule has 2 saturated heterocycles. The molecule has 0 unspecified atom stereocenters. The predicted molar refractivity (Wildman–Crippen MR) is 108 cm³/mol. The summed E-state index contributed by atoms with van der Waals surface area (Å²) in [5.74, 6) is -0.177. The van der Waals surface area contributed by atoms with Crippen LogP contribution in [0.3, 0.4) is 0 Å². The van der Waals surface area contributed by atoms with Crippen LogP contribution in [-0.4, -0.2) is 55.0 Å². The van der Waals surface area contributed by atoms with Crippen LogP contribution in [0.25, 0.3) is 0 Å². The van der Waals surface area contributed by atoms with Crippen LogP contribution < -0.4 is 10.6 Å². The van der Waals surface area contributed by atoms with Crippen LogP contribution in [0.1, 0.15) is 37.7 Å². The Kier molecular flexibility index (Phi) is 8.29. The molecule has 8 heteroatoms. The summed E-state index contributed by atoms with van der Waals surface area (Å²) in [6.07, 6.45) is 2.18. The Labute approximate surface area is 176 Å². The molecule has 160 valence electrons. The molecular formula is C21H29ClN2O5. The van der Waals surface area contributed by atoms with Gasteiger partial charge in [-0.15, -0.1) is 0 Å². The number of hydrogen-bond acceptors (Lipinski definition) is 5. The van der Waals surface area contributed by atoms with E-state index >= 15 is 0 Å². The molecule has 2 fully saturated rings. The Hall–Kier alpha value is -1.67. The van der Waals surface area contributed by atoms with Crippen molar-refractivity contribution in [1.82, 2.24) is 10.6 Å². The van der Waals surface area contributed by atoms with Crippen molar-refractivity contribution in [1.29, 1.82) is 0 Å². The van der Waals surface area contributed by atoms with E-state index in [1.54, 1.807) is 6.07 Å². The number of aliphatic hydroxyl groups excluding tert-OH is 1. The first-order valence-corrected chi connectivity index (χ1v) is 10.6. The number of carbonyl (C=O) groups excluding carboxylic acids is 2. The van der Waals surface area contributed by atoms with E-state index in [9.17, 15) is 14.7 Å². The molecule has 7 nitrogen and oxygen atoms in total. The highest BCUT2D eigenvalue weighted by atomic mass is 35.5. The Bertz CT molecular complexity index is 695. The highest BCUT2D eigenvalue weighted by molar-refractivity contribution is 6.31. The molecule has 2 amide bonds. The number of rotatable bonds is 7. The van der Waals surface area contributed by atoms with Gasteiger partial charge in [-0.05, 0) is 37.3 Å². The van der Waals surface area contributed by atoms with Gasteiger partial charge in [0.1, 0.15) is 6.10 Å². The zero-order valence-corrected chi connectivity index (χ0v) is 17.2. The molecule has 0 bridgehead atoms. The molecule has 0 saturated carbocycles. The number of aliphatic hydroxyl groups is 1. The molecule has 1 aromatic rings. The Balaban J connectivity index is 1.44. The Morgan fingerprint density at radius 1 is 1.14 bits per heavy atom. The van der Waals surface area contributed by atoms with Gasteiger partial charge in [-0.2, -0.15) is 0 Å². The van der Waals surface area contributed by atoms with Crippen LogP contribution in [0.5, 0.6) is 0 Å². The Morgan fingerprint density at radius 2 is 1.90 bits per heavy atom. The monoisotopic (exact) mass is 424 g/mol. The van der Waals surface area contributed by atoms with E-state index in [0.29, 0.717) is 37.6 Å². The summed E-state index contributed by atoms with van der Waals surface area (Å²) in [7, 11) is 0. The fraction of sp³-hybridized carbons (Fsp3) is 0.619. The van der Waals surface area contributed by atoms with E-state index < -0.39 is 6.10 Å². The molecule has 0 spiro atoms. The zero-order valence-electron chi connectivity index (χ0n) is 16.4. The van der Waals surface area contributed by atoms with Crippen LogP contribution in [0.15, 0.2) is 24.3 Å². The molecule has 2 aliphatic heterocycles. The average Bonchev–Trinajstić information content (AvgIpc) is 2.74. The molecule has 2 heterocycles. The van der Waals surface area contributed by atoms with E-state index in [2.05, 4.69) is 10.6 Å². The maximum atomic E-state index is 12.5. The largest absolute Gasteiger partial charge is 0.394 e. The third-order valence-electron chi connectivity index (χ3n) is 5.56. The number of nitrogens with one attached hydrogen (secondary N) is 2. The van der Waals surface area contributed by atoms with E-state index in [1.807, 2.05) is 18.2 Å². The molecule has 2 aliphatic rings. The summed E-state index contributed by atoms with van der Waals surface area (Å²) in [6.45, 7) is 1.37. The Morgan fingerprint density at radius 3 is 2.62 bits per heavy atom. The van der Waals surface area contributed by atoms with Gasteiger partial charge in [-0.1, -0.05) is 29.8 Å². The molecule has 3 N–H and O–H groups in total. The van der Waals surface area contributed by atoms with Crippen LogP contribution in [0.2, 0.25) is 5.02 Å². The predicted octanol–water partition coefficient (Wildman–Crippen LogP) is 1.80. The van der Waals surface area contributed by atoms with Crippen molar-refractivity contribution < 1.29 is 24.2 Å². The number of ether oxygens (including phenoxy) is 2. The lowest BCUT2D eigenvalue weighted by atomic mass is 9.94. The highest BCUT2D eigenvalue weighted by Gasteiger charge is 2.34. The van der Waals surface area contributed by atoms with E-state index in [0.717, 1.165) is 18.4 Å². The minimum absolute atomic E-state index is 0.00344. The molecule has 0 aromatic heterocycles. The van der Waals surface area contributed by atoms with Crippen molar-refractivity contribution in [2.24, 2.45) is 5.92 Å². The van der Waals surface area contributed by atoms with Gasteiger partial charge >= 0.3 is 0 Å². The second kappa shape index (κ2) is 10.9. The quantitative estimate of drug-likeness (QED) is 0.620. The summed E-state index contributed by atoms with van der Waals surface area (Å²) in [5.41, 5.74) is 0.858. The van der Waals surface area contributed by atoms with Gasteiger partial charge < -0.3 is 25.2 Å². The lowest BCUT2D eigenvalue weighted by molar-refractivity contribution is -0.139. The van der Waals surface area contributed by atoms with Crippen LogP contribution in [0, 0.1) is 5.92 Å². The minimum Gasteiger partial charge on any atom is -0.394 e. The maximum Gasteiger partial charge on any atom is 0.223 e. The summed E-state index contributed by atoms with van der Waals surface area (Å²) >= 11 is 6.11. The zero-order chi connectivity index (χ0) is 20.6. The molecular weight excluding hydrogens is 396 g/mol. The van der Waals surface area contributed by atoms with Crippen molar-refractivity contribution in [3.63, 3.8) is 0 Å². The van der Waals surface area contributed by atoms with Gasteiger partial charge in [0, 0.05) is 30.7 Å². The average molecular weight is 425 g/mol. The normalized spacial score (nSPS) is 25.4. The number of hydrogen-bond donors (Lipinski definition) is 3. The molecule has 0 aliphatic carbocycles. The van der Waals surface area contributed by atoms with Crippen molar-refractivity contribution in [3.8, 4) is 0 Å². The minimum atomic E-state index is -0.506. The van der Waals surface area contributed by atoms with Crippen molar-refractivity contribution in [2.45, 2.75) is 56.9 Å². The van der Waals surface area contributed by atoms with Gasteiger partial charge in [-0.3, -0.25) is 9.59 Å². The van der Waals surface area contributed by atoms with E-state index in [4.69, 9.17) is 21.1 Å². The van der Waals surface area contributed by atoms with Gasteiger partial charge in [0.25, 0.3) is 0 Å². The SMILES string of the molecule is O=C(C[C@H]1CC[C@H](NC(=O)C2CCOCC2)[C@@H](CO)O1)NCc1ccccc1Cl. The van der Waals surface area contributed by atoms with E-state index in [1.165, 1.54) is 0 Å². The summed E-state index contributed by atoms with van der Waals surface area (Å²) < 4.78 is 11.2. The van der Waals surface area contributed by atoms with Crippen LogP contribution in [-0.2, 0) is 25.6 Å². The third kappa shape index (κ3) is 6.40. The molecule has 3 atom stereocenters. The lowest BCUT2D eigenvalue weighted by Crippen LogP contribution is -2.53. The second-order valence-electron chi connectivity index (χ2n) is 7.63. The standard InChI is InChI=1S/C21H29ClN2O5/c22-17-4-2-1-3-15(17)12-23-20(26)11-16-5-6-18(19(13-25)29-16)24-21(27)14-7-9-28-10-8-14/h1-4,14,16,18-19,25H,5-13H2,(H,23,26)(H,24,27)/t16-,18+,19-/m1/s1. The fourth-order valence-corrected chi connectivity index (χ4v) is 4.02. The first-order chi connectivity index (χ1) is 14.1. The van der Waals surface area contributed by atoms with Crippen LogP contribution in [0.4, 0.5) is 0 Å². The van der Waals surface area contributed by atoms with Crippen molar-refractivity contribution in [3.05, 3.63) is 34.9 Å². The van der Waals surface area contributed by atoms with Crippen molar-refractivity contribution >= 4 is 23.4 Å². The van der Waals surface area contributed by atoms with E-state index in [-0.39, 0.29) is 42.9 Å². The van der Waals surface area contributed by atoms with Crippen molar-refractivity contribution in [2.75, 3.05) is 19.8 Å². The summed E-state index contributed by atoms with van der Waals surface area (Å²) in [6, 6.07) is 7.13.